The van der Waals surface area contributed by atoms with E-state index in [0.29, 0.717) is 118 Å². The van der Waals surface area contributed by atoms with Gasteiger partial charge in [0.25, 0.3) is 0 Å². The lowest BCUT2D eigenvalue weighted by Crippen LogP contribution is -2.30. The Hall–Kier alpha value is -8.12. The number of benzene rings is 4. The molecule has 5 aromatic rings. The number of unbranched alkanes of at least 4 members (excludes halogenated alkanes) is 6. The third-order valence-corrected chi connectivity index (χ3v) is 14.9. The first-order valence-corrected chi connectivity index (χ1v) is 28.6. The van der Waals surface area contributed by atoms with Gasteiger partial charge < -0.3 is 37.9 Å². The zero-order valence-corrected chi connectivity index (χ0v) is 46.5. The Balaban J connectivity index is 0.888. The number of anilines is 1. The standard InChI is InChI=1S/C63H71N3O14S/c1-4-37-66(63-65-54-17-11-12-18-56(54)81-63)64-43-48-42-53(79-61(71)46-21-19-44(20-22-46)59(69)77-51-31-27-49(28-32-51)73-38-13-7-9-15-40-75-57(67)5-2)35-36-55(48)80-62(72)47-25-23-45(24-26-47)60(70)78-52-33-29-50(30-34-52)74-39-14-8-10-16-41-76-58(68)6-3/h4-6,11-12,17-18,27-36,42-47H,1-3,7-10,13-16,19-26,37-41H2/b64-43+/t44-,45-,46-,47-. The summed E-state index contributed by atoms with van der Waals surface area (Å²) in [5.74, 6) is -1.58. The van der Waals surface area contributed by atoms with Gasteiger partial charge in [-0.2, -0.15) is 5.10 Å². The molecule has 0 radical (unpaired) electrons. The van der Waals surface area contributed by atoms with E-state index < -0.39 is 41.6 Å². The van der Waals surface area contributed by atoms with Crippen LogP contribution in [0.5, 0.6) is 34.5 Å². The molecule has 2 aliphatic carbocycles. The average molecular weight is 1130 g/mol. The fourth-order valence-electron chi connectivity index (χ4n) is 9.27. The first kappa shape index (κ1) is 60.5. The fourth-order valence-corrected chi connectivity index (χ4v) is 10.2. The lowest BCUT2D eigenvalue weighted by atomic mass is 9.82. The van der Waals surface area contributed by atoms with E-state index in [-0.39, 0.29) is 29.4 Å². The van der Waals surface area contributed by atoms with Gasteiger partial charge in [0.1, 0.15) is 34.5 Å². The summed E-state index contributed by atoms with van der Waals surface area (Å²) in [5, 5.41) is 7.06. The van der Waals surface area contributed by atoms with Crippen molar-refractivity contribution < 1.29 is 66.7 Å². The van der Waals surface area contributed by atoms with Gasteiger partial charge in [-0.1, -0.05) is 42.7 Å². The largest absolute Gasteiger partial charge is 0.494 e. The van der Waals surface area contributed by atoms with Gasteiger partial charge >= 0.3 is 35.8 Å². The van der Waals surface area contributed by atoms with E-state index in [9.17, 15) is 28.8 Å². The number of ether oxygens (including phenoxy) is 8. The summed E-state index contributed by atoms with van der Waals surface area (Å²) < 4.78 is 46.1. The minimum atomic E-state index is -0.475. The van der Waals surface area contributed by atoms with Crippen LogP contribution in [-0.2, 0) is 38.2 Å². The maximum Gasteiger partial charge on any atom is 0.330 e. The van der Waals surface area contributed by atoms with E-state index in [4.69, 9.17) is 48.0 Å². The number of carbonyl (C=O) groups is 6. The molecule has 4 aromatic carbocycles. The average Bonchev–Trinajstić information content (AvgIpc) is 3.97. The van der Waals surface area contributed by atoms with Crippen LogP contribution in [0.1, 0.15) is 108 Å². The Bertz CT molecular complexity index is 2910. The quantitative estimate of drug-likeness (QED) is 0.00769. The molecule has 2 fully saturated rings. The van der Waals surface area contributed by atoms with E-state index in [1.165, 1.54) is 17.6 Å². The van der Waals surface area contributed by atoms with Gasteiger partial charge in [0.15, 0.2) is 0 Å². The molecule has 18 heteroatoms. The van der Waals surface area contributed by atoms with Crippen LogP contribution >= 0.6 is 11.3 Å². The molecule has 428 valence electrons. The van der Waals surface area contributed by atoms with E-state index in [2.05, 4.69) is 19.7 Å². The first-order valence-electron chi connectivity index (χ1n) is 27.8. The van der Waals surface area contributed by atoms with Gasteiger partial charge in [-0.25, -0.2) is 19.6 Å². The zero-order valence-electron chi connectivity index (χ0n) is 45.7. The summed E-state index contributed by atoms with van der Waals surface area (Å²) >= 11 is 1.46. The maximum absolute atomic E-state index is 13.8. The molecule has 0 atom stereocenters. The molecule has 0 unspecified atom stereocenters. The van der Waals surface area contributed by atoms with Crippen molar-refractivity contribution >= 4 is 68.7 Å². The summed E-state index contributed by atoms with van der Waals surface area (Å²) in [4.78, 5) is 81.0. The van der Waals surface area contributed by atoms with Crippen molar-refractivity contribution in [2.75, 3.05) is 38.0 Å². The molecule has 2 aliphatic rings. The molecular weight excluding hydrogens is 1050 g/mol. The molecule has 7 rings (SSSR count). The number of esters is 6. The van der Waals surface area contributed by atoms with Gasteiger partial charge in [-0.05, 0) is 182 Å². The topological polar surface area (TPSA) is 205 Å². The van der Waals surface area contributed by atoms with Crippen LogP contribution in [-0.4, -0.2) is 80.0 Å². The van der Waals surface area contributed by atoms with Crippen LogP contribution in [0.15, 0.2) is 134 Å². The molecule has 0 amide bonds. The SMILES string of the molecule is C=CCN(/N=C/c1cc(OC(=O)[C@H]2CC[C@H](C(=O)Oc3ccc(OCCCCCCOC(=O)C=C)cc3)CC2)ccc1OC(=O)[C@H]1CC[C@H](C(=O)Oc2ccc(OCCCCCCOC(=O)C=C)cc2)CC1)c1nc2ccccc2s1. The Kier molecular flexibility index (Phi) is 24.1. The van der Waals surface area contributed by atoms with Crippen molar-refractivity contribution in [1.82, 2.24) is 4.98 Å². The monoisotopic (exact) mass is 1130 g/mol. The van der Waals surface area contributed by atoms with Crippen LogP contribution in [0.4, 0.5) is 5.13 Å². The predicted molar refractivity (Wildman–Crippen MR) is 308 cm³/mol. The normalized spacial score (nSPS) is 16.8. The predicted octanol–water partition coefficient (Wildman–Crippen LogP) is 12.3. The summed E-state index contributed by atoms with van der Waals surface area (Å²) in [7, 11) is 0. The van der Waals surface area contributed by atoms with Crippen molar-refractivity contribution in [3.8, 4) is 34.5 Å². The lowest BCUT2D eigenvalue weighted by molar-refractivity contribution is -0.145. The zero-order chi connectivity index (χ0) is 57.2. The smallest absolute Gasteiger partial charge is 0.330 e. The van der Waals surface area contributed by atoms with E-state index >= 15 is 0 Å². The first-order chi connectivity index (χ1) is 39.5. The number of para-hydroxylation sites is 1. The number of hydrogen-bond acceptors (Lipinski definition) is 18. The Labute approximate surface area is 476 Å². The van der Waals surface area contributed by atoms with E-state index in [0.717, 1.165) is 73.7 Å². The Morgan fingerprint density at radius 3 is 1.40 bits per heavy atom. The van der Waals surface area contributed by atoms with Crippen molar-refractivity contribution in [1.29, 1.82) is 0 Å². The second kappa shape index (κ2) is 32.2. The van der Waals surface area contributed by atoms with Crippen molar-refractivity contribution in [2.45, 2.75) is 103 Å². The number of nitrogens with zero attached hydrogens (tertiary/aromatic N) is 3. The number of hydrazone groups is 1. The number of fused-ring (bicyclic) bond motifs is 1. The number of rotatable bonds is 31. The molecule has 1 heterocycles. The highest BCUT2D eigenvalue weighted by Gasteiger charge is 2.34. The highest BCUT2D eigenvalue weighted by Crippen LogP contribution is 2.36. The molecule has 0 aliphatic heterocycles. The number of thiazole rings is 1. The molecule has 0 bridgehead atoms. The summed E-state index contributed by atoms with van der Waals surface area (Å²) in [6.07, 6.45) is 15.9. The van der Waals surface area contributed by atoms with Gasteiger partial charge in [0.05, 0.1) is 73.1 Å². The third-order valence-electron chi connectivity index (χ3n) is 13.9. The van der Waals surface area contributed by atoms with Crippen molar-refractivity contribution in [3.05, 3.63) is 135 Å². The number of aromatic nitrogens is 1. The summed E-state index contributed by atoms with van der Waals surface area (Å²) in [6, 6.07) is 26.3. The number of carbonyl (C=O) groups excluding carboxylic acids is 6. The maximum atomic E-state index is 13.8. The van der Waals surface area contributed by atoms with Crippen LogP contribution in [0.2, 0.25) is 0 Å². The highest BCUT2D eigenvalue weighted by atomic mass is 32.1. The summed E-state index contributed by atoms with van der Waals surface area (Å²) in [6.45, 7) is 12.8. The molecular formula is C63H71N3O14S. The van der Waals surface area contributed by atoms with Crippen molar-refractivity contribution in [2.24, 2.45) is 28.8 Å². The minimum absolute atomic E-state index is 0.208. The van der Waals surface area contributed by atoms with Gasteiger partial charge in [-0.15, -0.1) is 6.58 Å². The minimum Gasteiger partial charge on any atom is -0.494 e. The Morgan fingerprint density at radius 1 is 0.519 bits per heavy atom. The molecule has 0 saturated heterocycles. The van der Waals surface area contributed by atoms with E-state index in [1.54, 1.807) is 77.8 Å². The lowest BCUT2D eigenvalue weighted by Gasteiger charge is -2.26. The van der Waals surface area contributed by atoms with Gasteiger partial charge in [-0.3, -0.25) is 19.2 Å². The summed E-state index contributed by atoms with van der Waals surface area (Å²) in [5.41, 5.74) is 1.20. The third kappa shape index (κ3) is 19.6. The second-order valence-electron chi connectivity index (χ2n) is 19.8. The Morgan fingerprint density at radius 2 is 0.938 bits per heavy atom. The van der Waals surface area contributed by atoms with Gasteiger partial charge in [0, 0.05) is 17.7 Å². The molecule has 17 nitrogen and oxygen atoms in total. The molecule has 0 spiro atoms. The highest BCUT2D eigenvalue weighted by molar-refractivity contribution is 7.22. The molecule has 81 heavy (non-hydrogen) atoms. The second-order valence-corrected chi connectivity index (χ2v) is 20.8. The van der Waals surface area contributed by atoms with E-state index in [1.807, 2.05) is 24.3 Å². The van der Waals surface area contributed by atoms with Crippen molar-refractivity contribution in [3.63, 3.8) is 0 Å². The fraction of sp³-hybridized carbons (Fsp3) is 0.397. The van der Waals surface area contributed by atoms with Gasteiger partial charge in [0.2, 0.25) is 5.13 Å². The van der Waals surface area contributed by atoms with Crippen LogP contribution < -0.4 is 33.4 Å². The molecule has 2 saturated carbocycles. The van der Waals surface area contributed by atoms with Crippen LogP contribution in [0.25, 0.3) is 10.2 Å². The van der Waals surface area contributed by atoms with Crippen LogP contribution in [0, 0.1) is 23.7 Å². The molecule has 1 aromatic heterocycles. The van der Waals surface area contributed by atoms with Crippen LogP contribution in [0.3, 0.4) is 0 Å². The molecule has 0 N–H and O–H groups in total. The number of hydrogen-bond donors (Lipinski definition) is 0.